The second-order valence-electron chi connectivity index (χ2n) is 8.71. The summed E-state index contributed by atoms with van der Waals surface area (Å²) in [6.45, 7) is 2.44. The van der Waals surface area contributed by atoms with E-state index in [1.54, 1.807) is 24.3 Å². The Kier molecular flexibility index (Phi) is 4.21. The fourth-order valence-corrected chi connectivity index (χ4v) is 6.25. The van der Waals surface area contributed by atoms with E-state index in [0.29, 0.717) is 18.0 Å². The lowest BCUT2D eigenvalue weighted by Gasteiger charge is -2.52. The van der Waals surface area contributed by atoms with Crippen molar-refractivity contribution in [3.8, 4) is 5.75 Å². The van der Waals surface area contributed by atoms with Crippen LogP contribution >= 0.6 is 0 Å². The van der Waals surface area contributed by atoms with E-state index in [1.807, 2.05) is 55.5 Å². The van der Waals surface area contributed by atoms with E-state index < -0.39 is 17.3 Å². The van der Waals surface area contributed by atoms with E-state index in [-0.39, 0.29) is 17.7 Å². The molecular formula is C27H22N2O4. The van der Waals surface area contributed by atoms with Gasteiger partial charge in [-0.2, -0.15) is 0 Å². The fourth-order valence-electron chi connectivity index (χ4n) is 6.25. The molecule has 1 fully saturated rings. The lowest BCUT2D eigenvalue weighted by atomic mass is 9.47. The molecule has 0 saturated carbocycles. The standard InChI is InChI=1S/C27H22N2O4/c1-2-33-17-13-11-16(12-14-17)29-25(30)23-22-18-7-3-5-9-20(18)27(15-28-32,24(23)26(29)31)21-10-6-4-8-19(21)22/h3-15,22-24,32H,2H2,1H3/b28-15-/t22?,23-,24+,27?/m0/s1. The van der Waals surface area contributed by atoms with Crippen LogP contribution in [0.2, 0.25) is 0 Å². The van der Waals surface area contributed by atoms with Gasteiger partial charge in [0.25, 0.3) is 0 Å². The Bertz CT molecular complexity index is 1270. The van der Waals surface area contributed by atoms with Gasteiger partial charge >= 0.3 is 0 Å². The number of hydrogen-bond donors (Lipinski definition) is 1. The maximum atomic E-state index is 14.0. The molecule has 3 aromatic rings. The van der Waals surface area contributed by atoms with Crippen LogP contribution in [0.3, 0.4) is 0 Å². The van der Waals surface area contributed by atoms with E-state index in [2.05, 4.69) is 5.16 Å². The predicted octanol–water partition coefficient (Wildman–Crippen LogP) is 4.10. The van der Waals surface area contributed by atoms with E-state index in [0.717, 1.165) is 22.3 Å². The molecule has 33 heavy (non-hydrogen) atoms. The molecule has 6 nitrogen and oxygen atoms in total. The van der Waals surface area contributed by atoms with E-state index >= 15 is 0 Å². The van der Waals surface area contributed by atoms with Crippen LogP contribution in [0.1, 0.15) is 35.1 Å². The van der Waals surface area contributed by atoms with Gasteiger partial charge in [0.05, 0.1) is 35.8 Å². The van der Waals surface area contributed by atoms with Crippen molar-refractivity contribution in [2.24, 2.45) is 17.0 Å². The van der Waals surface area contributed by atoms with Gasteiger partial charge in [0.15, 0.2) is 0 Å². The van der Waals surface area contributed by atoms with Crippen molar-refractivity contribution < 1.29 is 19.5 Å². The molecule has 0 radical (unpaired) electrons. The average molecular weight is 438 g/mol. The number of anilines is 1. The van der Waals surface area contributed by atoms with Crippen LogP contribution in [0.5, 0.6) is 5.75 Å². The van der Waals surface area contributed by atoms with Gasteiger partial charge in [-0.3, -0.25) is 9.59 Å². The molecule has 3 aromatic carbocycles. The summed E-state index contributed by atoms with van der Waals surface area (Å²) >= 11 is 0. The number of nitrogens with zero attached hydrogens (tertiary/aromatic N) is 2. The maximum absolute atomic E-state index is 14.0. The predicted molar refractivity (Wildman–Crippen MR) is 123 cm³/mol. The molecular weight excluding hydrogens is 416 g/mol. The summed E-state index contributed by atoms with van der Waals surface area (Å²) in [5.74, 6) is -1.32. The third-order valence-electron chi connectivity index (χ3n) is 7.35. The highest BCUT2D eigenvalue weighted by Crippen LogP contribution is 2.63. The van der Waals surface area contributed by atoms with Crippen molar-refractivity contribution in [3.05, 3.63) is 95.1 Å². The second-order valence-corrected chi connectivity index (χ2v) is 8.71. The third kappa shape index (κ3) is 2.40. The summed E-state index contributed by atoms with van der Waals surface area (Å²) < 4.78 is 5.51. The highest BCUT2D eigenvalue weighted by molar-refractivity contribution is 6.25. The van der Waals surface area contributed by atoms with Gasteiger partial charge in [-0.15, -0.1) is 5.16 Å². The molecule has 4 aliphatic rings. The molecule has 1 heterocycles. The average Bonchev–Trinajstić information content (AvgIpc) is 3.11. The topological polar surface area (TPSA) is 79.2 Å². The Morgan fingerprint density at radius 2 is 1.55 bits per heavy atom. The van der Waals surface area contributed by atoms with Gasteiger partial charge in [0, 0.05) is 5.92 Å². The number of ether oxygens (including phenoxy) is 1. The number of carbonyl (C=O) groups is 2. The minimum absolute atomic E-state index is 0.223. The summed E-state index contributed by atoms with van der Waals surface area (Å²) in [6.07, 6.45) is 1.45. The van der Waals surface area contributed by atoms with Crippen molar-refractivity contribution >= 4 is 23.7 Å². The van der Waals surface area contributed by atoms with E-state index in [4.69, 9.17) is 4.74 Å². The minimum Gasteiger partial charge on any atom is -0.494 e. The second kappa shape index (κ2) is 7.04. The highest BCUT2D eigenvalue weighted by atomic mass is 16.5. The molecule has 164 valence electrons. The minimum atomic E-state index is -1.02. The van der Waals surface area contributed by atoms with Crippen molar-refractivity contribution in [1.82, 2.24) is 0 Å². The van der Waals surface area contributed by atoms with Crippen LogP contribution in [0.4, 0.5) is 5.69 Å². The molecule has 0 unspecified atom stereocenters. The smallest absolute Gasteiger partial charge is 0.239 e. The van der Waals surface area contributed by atoms with Gasteiger partial charge in [-0.25, -0.2) is 4.90 Å². The van der Waals surface area contributed by atoms with Crippen LogP contribution < -0.4 is 9.64 Å². The molecule has 2 bridgehead atoms. The molecule has 1 N–H and O–H groups in total. The molecule has 6 heteroatoms. The van der Waals surface area contributed by atoms with Gasteiger partial charge in [-0.05, 0) is 53.4 Å². The molecule has 1 saturated heterocycles. The summed E-state index contributed by atoms with van der Waals surface area (Å²) in [4.78, 5) is 29.2. The van der Waals surface area contributed by atoms with Crippen LogP contribution in [0.25, 0.3) is 0 Å². The Balaban J connectivity index is 1.58. The molecule has 2 atom stereocenters. The summed E-state index contributed by atoms with van der Waals surface area (Å²) in [7, 11) is 0. The van der Waals surface area contributed by atoms with Crippen LogP contribution in [-0.4, -0.2) is 29.8 Å². The monoisotopic (exact) mass is 438 g/mol. The number of rotatable bonds is 4. The van der Waals surface area contributed by atoms with E-state index in [1.165, 1.54) is 11.1 Å². The normalized spacial score (nSPS) is 26.9. The Morgan fingerprint density at radius 3 is 2.12 bits per heavy atom. The number of oxime groups is 1. The fraction of sp³-hybridized carbons (Fsp3) is 0.222. The first-order valence-electron chi connectivity index (χ1n) is 11.1. The van der Waals surface area contributed by atoms with Crippen molar-refractivity contribution in [2.45, 2.75) is 18.3 Å². The molecule has 0 aromatic heterocycles. The first-order valence-corrected chi connectivity index (χ1v) is 11.1. The number of carbonyl (C=O) groups excluding carboxylic acids is 2. The van der Waals surface area contributed by atoms with Crippen LogP contribution in [-0.2, 0) is 15.0 Å². The molecule has 2 amide bonds. The molecule has 0 spiro atoms. The van der Waals surface area contributed by atoms with Crippen LogP contribution in [0.15, 0.2) is 78.0 Å². The first-order chi connectivity index (χ1) is 16.1. The summed E-state index contributed by atoms with van der Waals surface area (Å²) in [5, 5.41) is 13.2. The van der Waals surface area contributed by atoms with Gasteiger partial charge in [0.1, 0.15) is 5.75 Å². The highest BCUT2D eigenvalue weighted by Gasteiger charge is 2.68. The SMILES string of the molecule is CCOc1ccc(N2C(=O)[C@H]3C4c5ccccc5C(/C=N\O)(c5ccccc54)[C@H]3C2=O)cc1. The van der Waals surface area contributed by atoms with Crippen LogP contribution in [0, 0.1) is 11.8 Å². The zero-order valence-electron chi connectivity index (χ0n) is 18.0. The molecule has 3 aliphatic carbocycles. The summed E-state index contributed by atoms with van der Waals surface area (Å²) in [6, 6.07) is 22.8. The lowest BCUT2D eigenvalue weighted by molar-refractivity contribution is -0.122. The zero-order chi connectivity index (χ0) is 22.7. The first kappa shape index (κ1) is 19.7. The van der Waals surface area contributed by atoms with Crippen molar-refractivity contribution in [1.29, 1.82) is 0 Å². The summed E-state index contributed by atoms with van der Waals surface area (Å²) in [5.41, 5.74) is 3.35. The van der Waals surface area contributed by atoms with Gasteiger partial charge in [0.2, 0.25) is 11.8 Å². The third-order valence-corrected chi connectivity index (χ3v) is 7.35. The number of imide groups is 1. The zero-order valence-corrected chi connectivity index (χ0v) is 18.0. The van der Waals surface area contributed by atoms with Crippen molar-refractivity contribution in [2.75, 3.05) is 11.5 Å². The number of amides is 2. The van der Waals surface area contributed by atoms with Gasteiger partial charge < -0.3 is 9.94 Å². The largest absolute Gasteiger partial charge is 0.494 e. The van der Waals surface area contributed by atoms with Crippen molar-refractivity contribution in [3.63, 3.8) is 0 Å². The number of hydrogen-bond acceptors (Lipinski definition) is 5. The number of benzene rings is 3. The molecule has 7 rings (SSSR count). The quantitative estimate of drug-likeness (QED) is 0.288. The molecule has 1 aliphatic heterocycles. The van der Waals surface area contributed by atoms with Gasteiger partial charge in [-0.1, -0.05) is 48.5 Å². The maximum Gasteiger partial charge on any atom is 0.239 e. The Morgan fingerprint density at radius 1 is 0.939 bits per heavy atom. The lowest BCUT2D eigenvalue weighted by Crippen LogP contribution is -2.54. The Hall–Kier alpha value is -3.93. The van der Waals surface area contributed by atoms with E-state index in [9.17, 15) is 14.8 Å². The Labute approximate surface area is 191 Å².